The average molecular weight is 352 g/mol. The Kier molecular flexibility index (Phi) is 4.69. The average Bonchev–Trinajstić information content (AvgIpc) is 3.32. The van der Waals surface area contributed by atoms with E-state index in [0.717, 1.165) is 25.8 Å². The number of benzene rings is 1. The number of halogens is 1. The Morgan fingerprint density at radius 2 is 1.75 bits per heavy atom. The molecule has 130 valence electrons. The highest BCUT2D eigenvalue weighted by Crippen LogP contribution is 2.70. The molecule has 0 aromatic heterocycles. The van der Waals surface area contributed by atoms with Crippen LogP contribution in [-0.2, 0) is 9.59 Å². The van der Waals surface area contributed by atoms with E-state index >= 15 is 0 Å². The van der Waals surface area contributed by atoms with Crippen LogP contribution in [0.3, 0.4) is 0 Å². The third-order valence-corrected chi connectivity index (χ3v) is 4.78. The lowest BCUT2D eigenvalue weighted by Crippen LogP contribution is -2.40. The van der Waals surface area contributed by atoms with E-state index in [-0.39, 0.29) is 29.5 Å². The standard InChI is InChI=1S/C17H22ClN3O3/c1-2-7-19-8-14(22)20-16-10-17(16,11-16)21-15(23)9-24-13-5-3-12(18)4-6-13/h3-6,19H,2,7-11H2,1H3,(H,20,22)(H,21,23). The first-order chi connectivity index (χ1) is 11.5. The van der Waals surface area contributed by atoms with Crippen molar-refractivity contribution in [2.45, 2.75) is 37.3 Å². The molecule has 0 bridgehead atoms. The Morgan fingerprint density at radius 3 is 2.38 bits per heavy atom. The van der Waals surface area contributed by atoms with Crippen molar-refractivity contribution in [2.24, 2.45) is 0 Å². The SMILES string of the molecule is CCCNCC(=O)NC12CC1(NC(=O)COc1ccc(Cl)cc1)C2. The van der Waals surface area contributed by atoms with Crippen molar-refractivity contribution in [1.82, 2.24) is 16.0 Å². The van der Waals surface area contributed by atoms with Crippen LogP contribution in [-0.4, -0.2) is 42.6 Å². The predicted molar refractivity (Wildman–Crippen MR) is 91.1 cm³/mol. The summed E-state index contributed by atoms with van der Waals surface area (Å²) in [6.07, 6.45) is 2.59. The Hall–Kier alpha value is -1.79. The smallest absolute Gasteiger partial charge is 0.258 e. The van der Waals surface area contributed by atoms with Crippen molar-refractivity contribution in [1.29, 1.82) is 0 Å². The minimum atomic E-state index is -0.256. The highest BCUT2D eigenvalue weighted by Gasteiger charge is 2.85. The summed E-state index contributed by atoms with van der Waals surface area (Å²) >= 11 is 5.80. The van der Waals surface area contributed by atoms with Crippen molar-refractivity contribution in [3.63, 3.8) is 0 Å². The number of ether oxygens (including phenoxy) is 1. The summed E-state index contributed by atoms with van der Waals surface area (Å²) in [5.74, 6) is 0.400. The summed E-state index contributed by atoms with van der Waals surface area (Å²) in [4.78, 5) is 23.9. The van der Waals surface area contributed by atoms with Gasteiger partial charge in [0.05, 0.1) is 17.6 Å². The van der Waals surface area contributed by atoms with Gasteiger partial charge in [-0.15, -0.1) is 0 Å². The molecule has 2 fully saturated rings. The second-order valence-corrected chi connectivity index (χ2v) is 6.97. The molecule has 0 aliphatic heterocycles. The zero-order valence-electron chi connectivity index (χ0n) is 13.7. The van der Waals surface area contributed by atoms with Gasteiger partial charge in [-0.05, 0) is 50.1 Å². The molecule has 3 N–H and O–H groups in total. The van der Waals surface area contributed by atoms with E-state index in [9.17, 15) is 9.59 Å². The molecule has 0 atom stereocenters. The van der Waals surface area contributed by atoms with Crippen LogP contribution in [0.15, 0.2) is 24.3 Å². The van der Waals surface area contributed by atoms with Crippen LogP contribution in [0.5, 0.6) is 5.75 Å². The molecule has 24 heavy (non-hydrogen) atoms. The lowest BCUT2D eigenvalue weighted by molar-refractivity contribution is -0.124. The van der Waals surface area contributed by atoms with Crippen LogP contribution >= 0.6 is 11.6 Å². The van der Waals surface area contributed by atoms with Gasteiger partial charge < -0.3 is 20.7 Å². The molecule has 2 amide bonds. The second-order valence-electron chi connectivity index (χ2n) is 6.53. The quantitative estimate of drug-likeness (QED) is 0.585. The van der Waals surface area contributed by atoms with E-state index < -0.39 is 0 Å². The van der Waals surface area contributed by atoms with Gasteiger partial charge in [-0.2, -0.15) is 0 Å². The number of fused-ring (bicyclic) bond motifs is 1. The van der Waals surface area contributed by atoms with Crippen LogP contribution < -0.4 is 20.7 Å². The van der Waals surface area contributed by atoms with E-state index in [1.807, 2.05) is 0 Å². The number of hydrogen-bond donors (Lipinski definition) is 3. The summed E-state index contributed by atoms with van der Waals surface area (Å²) in [5.41, 5.74) is -0.484. The number of hydrogen-bond acceptors (Lipinski definition) is 4. The normalized spacial score (nSPS) is 26.2. The molecule has 3 rings (SSSR count). The number of carbonyl (C=O) groups excluding carboxylic acids is 2. The highest BCUT2D eigenvalue weighted by molar-refractivity contribution is 6.30. The zero-order valence-corrected chi connectivity index (χ0v) is 14.4. The van der Waals surface area contributed by atoms with E-state index in [0.29, 0.717) is 17.3 Å². The Balaban J connectivity index is 1.38. The Bertz CT molecular complexity index is 626. The first-order valence-corrected chi connectivity index (χ1v) is 8.57. The maximum atomic E-state index is 12.0. The van der Waals surface area contributed by atoms with Gasteiger partial charge in [0.25, 0.3) is 5.91 Å². The maximum absolute atomic E-state index is 12.0. The van der Waals surface area contributed by atoms with Gasteiger partial charge in [-0.1, -0.05) is 18.5 Å². The van der Waals surface area contributed by atoms with Gasteiger partial charge in [0.2, 0.25) is 5.91 Å². The summed E-state index contributed by atoms with van der Waals surface area (Å²) in [7, 11) is 0. The third-order valence-electron chi connectivity index (χ3n) is 4.53. The van der Waals surface area contributed by atoms with Crippen LogP contribution in [0.1, 0.15) is 26.2 Å². The second kappa shape index (κ2) is 6.61. The molecule has 7 heteroatoms. The van der Waals surface area contributed by atoms with E-state index in [1.165, 1.54) is 0 Å². The largest absolute Gasteiger partial charge is 0.484 e. The molecule has 0 radical (unpaired) electrons. The molecule has 0 unspecified atom stereocenters. The van der Waals surface area contributed by atoms with Gasteiger partial charge in [0, 0.05) is 5.02 Å². The fourth-order valence-electron chi connectivity index (χ4n) is 2.98. The minimum Gasteiger partial charge on any atom is -0.484 e. The topological polar surface area (TPSA) is 79.5 Å². The number of amides is 2. The molecule has 2 aliphatic rings. The van der Waals surface area contributed by atoms with Crippen molar-refractivity contribution in [3.05, 3.63) is 29.3 Å². The fourth-order valence-corrected chi connectivity index (χ4v) is 3.10. The molecule has 2 aliphatic carbocycles. The molecule has 0 spiro atoms. The first kappa shape index (κ1) is 17.0. The fraction of sp³-hybridized carbons (Fsp3) is 0.529. The van der Waals surface area contributed by atoms with Gasteiger partial charge in [-0.25, -0.2) is 0 Å². The van der Waals surface area contributed by atoms with E-state index in [2.05, 4.69) is 22.9 Å². The summed E-state index contributed by atoms with van der Waals surface area (Å²) in [6.45, 7) is 3.15. The molecule has 1 aromatic carbocycles. The lowest BCUT2D eigenvalue weighted by Gasteiger charge is -2.08. The van der Waals surface area contributed by atoms with Crippen LogP contribution in [0.2, 0.25) is 5.02 Å². The lowest BCUT2D eigenvalue weighted by atomic mass is 10.3. The minimum absolute atomic E-state index is 0.0190. The molecule has 2 saturated carbocycles. The van der Waals surface area contributed by atoms with Crippen LogP contribution in [0.25, 0.3) is 0 Å². The highest BCUT2D eigenvalue weighted by atomic mass is 35.5. The van der Waals surface area contributed by atoms with Gasteiger partial charge in [0.15, 0.2) is 6.61 Å². The van der Waals surface area contributed by atoms with E-state index in [1.54, 1.807) is 24.3 Å². The predicted octanol–water partition coefficient (Wildman–Crippen LogP) is 1.24. The molecule has 1 aromatic rings. The monoisotopic (exact) mass is 351 g/mol. The number of nitrogens with one attached hydrogen (secondary N) is 3. The molecule has 0 saturated heterocycles. The zero-order chi connectivity index (χ0) is 17.2. The Labute approximate surface area is 146 Å². The Morgan fingerprint density at radius 1 is 1.12 bits per heavy atom. The number of carbonyl (C=O) groups is 2. The van der Waals surface area contributed by atoms with Crippen LogP contribution in [0.4, 0.5) is 0 Å². The van der Waals surface area contributed by atoms with Crippen molar-refractivity contribution in [2.75, 3.05) is 19.7 Å². The van der Waals surface area contributed by atoms with Crippen molar-refractivity contribution in [3.8, 4) is 5.75 Å². The molecule has 0 heterocycles. The van der Waals surface area contributed by atoms with Gasteiger partial charge >= 0.3 is 0 Å². The van der Waals surface area contributed by atoms with E-state index in [4.69, 9.17) is 16.3 Å². The van der Waals surface area contributed by atoms with Crippen molar-refractivity contribution < 1.29 is 14.3 Å². The van der Waals surface area contributed by atoms with Gasteiger partial charge in [-0.3, -0.25) is 9.59 Å². The van der Waals surface area contributed by atoms with Gasteiger partial charge in [0.1, 0.15) is 5.75 Å². The number of rotatable bonds is 9. The molecular weight excluding hydrogens is 330 g/mol. The van der Waals surface area contributed by atoms with Crippen LogP contribution in [0, 0.1) is 0 Å². The third kappa shape index (κ3) is 3.65. The summed E-state index contributed by atoms with van der Waals surface area (Å²) < 4.78 is 5.43. The van der Waals surface area contributed by atoms with Crippen molar-refractivity contribution >= 4 is 23.4 Å². The summed E-state index contributed by atoms with van der Waals surface area (Å²) in [5, 5.41) is 9.68. The molecular formula is C17H22ClN3O3. The maximum Gasteiger partial charge on any atom is 0.258 e. The first-order valence-electron chi connectivity index (χ1n) is 8.20. The molecule has 6 nitrogen and oxygen atoms in total. The summed E-state index contributed by atoms with van der Waals surface area (Å²) in [6, 6.07) is 6.86.